The molecular weight excluding hydrogens is 392 g/mol. The summed E-state index contributed by atoms with van der Waals surface area (Å²) < 4.78 is 6.24. The van der Waals surface area contributed by atoms with E-state index in [9.17, 15) is 4.79 Å². The molecule has 1 unspecified atom stereocenters. The highest BCUT2D eigenvalue weighted by atomic mass is 79.9. The van der Waals surface area contributed by atoms with Crippen molar-refractivity contribution in [2.45, 2.75) is 32.7 Å². The van der Waals surface area contributed by atoms with Gasteiger partial charge in [0.1, 0.15) is 0 Å². The minimum absolute atomic E-state index is 0. The lowest BCUT2D eigenvalue weighted by Gasteiger charge is -2.33. The summed E-state index contributed by atoms with van der Waals surface area (Å²) in [4.78, 5) is 14.3. The normalized spacial score (nSPS) is 16.5. The first-order valence-electron chi connectivity index (χ1n) is 8.46. The number of carbonyl (C=O) groups excluding carboxylic acids is 1. The number of nitrogens with one attached hydrogen (secondary N) is 1. The van der Waals surface area contributed by atoms with Gasteiger partial charge in [0.15, 0.2) is 0 Å². The average Bonchev–Trinajstić information content (AvgIpc) is 2.55. The molecule has 0 aromatic heterocycles. The zero-order valence-electron chi connectivity index (χ0n) is 14.5. The van der Waals surface area contributed by atoms with Crippen LogP contribution in [0.5, 0.6) is 0 Å². The van der Waals surface area contributed by atoms with Crippen LogP contribution >= 0.6 is 28.3 Å². The van der Waals surface area contributed by atoms with Gasteiger partial charge >= 0.3 is 5.97 Å². The van der Waals surface area contributed by atoms with Crippen LogP contribution in [0.1, 0.15) is 38.3 Å². The first kappa shape index (κ1) is 21.4. The Morgan fingerprint density at radius 1 is 1.42 bits per heavy atom. The van der Waals surface area contributed by atoms with Crippen molar-refractivity contribution in [1.29, 1.82) is 0 Å². The SMILES string of the molecule is CCOC(=O)CN(CC1CCNCC1)C(C)c1cccc(Br)c1.Cl. The Morgan fingerprint density at radius 2 is 2.12 bits per heavy atom. The number of nitrogens with zero attached hydrogens (tertiary/aromatic N) is 1. The molecule has 6 heteroatoms. The van der Waals surface area contributed by atoms with Crippen LogP contribution in [-0.2, 0) is 9.53 Å². The van der Waals surface area contributed by atoms with E-state index in [1.54, 1.807) is 0 Å². The van der Waals surface area contributed by atoms with E-state index in [4.69, 9.17) is 4.74 Å². The van der Waals surface area contributed by atoms with E-state index in [0.717, 1.165) is 24.1 Å². The van der Waals surface area contributed by atoms with Gasteiger partial charge in [-0.3, -0.25) is 9.69 Å². The van der Waals surface area contributed by atoms with Gasteiger partial charge in [0.05, 0.1) is 13.2 Å². The molecule has 1 aromatic rings. The van der Waals surface area contributed by atoms with Gasteiger partial charge in [-0.25, -0.2) is 0 Å². The quantitative estimate of drug-likeness (QED) is 0.683. The Bertz CT molecular complexity index is 510. The van der Waals surface area contributed by atoms with Crippen LogP contribution < -0.4 is 5.32 Å². The molecule has 1 saturated heterocycles. The topological polar surface area (TPSA) is 41.6 Å². The number of hydrogen-bond acceptors (Lipinski definition) is 4. The first-order chi connectivity index (χ1) is 11.1. The van der Waals surface area contributed by atoms with Crippen molar-refractivity contribution in [1.82, 2.24) is 10.2 Å². The van der Waals surface area contributed by atoms with E-state index in [-0.39, 0.29) is 24.4 Å². The molecule has 0 radical (unpaired) electrons. The molecule has 0 saturated carbocycles. The number of halogens is 2. The molecular formula is C18H28BrClN2O2. The molecule has 1 heterocycles. The summed E-state index contributed by atoms with van der Waals surface area (Å²) in [7, 11) is 0. The van der Waals surface area contributed by atoms with Gasteiger partial charge in [-0.15, -0.1) is 12.4 Å². The van der Waals surface area contributed by atoms with Crippen LogP contribution in [0.4, 0.5) is 0 Å². The lowest BCUT2D eigenvalue weighted by molar-refractivity contribution is -0.145. The predicted molar refractivity (Wildman–Crippen MR) is 104 cm³/mol. The maximum Gasteiger partial charge on any atom is 0.320 e. The van der Waals surface area contributed by atoms with Crippen molar-refractivity contribution in [3.63, 3.8) is 0 Å². The number of ether oxygens (including phenoxy) is 1. The molecule has 0 spiro atoms. The molecule has 1 aliphatic heterocycles. The molecule has 1 fully saturated rings. The molecule has 1 aliphatic rings. The molecule has 4 nitrogen and oxygen atoms in total. The van der Waals surface area contributed by atoms with Crippen LogP contribution in [0, 0.1) is 5.92 Å². The number of piperidine rings is 1. The lowest BCUT2D eigenvalue weighted by atomic mass is 9.96. The van der Waals surface area contributed by atoms with Crippen LogP contribution in [0.3, 0.4) is 0 Å². The zero-order chi connectivity index (χ0) is 16.7. The van der Waals surface area contributed by atoms with Crippen molar-refractivity contribution in [2.24, 2.45) is 5.92 Å². The Morgan fingerprint density at radius 3 is 2.75 bits per heavy atom. The van der Waals surface area contributed by atoms with E-state index in [2.05, 4.69) is 45.2 Å². The van der Waals surface area contributed by atoms with Gasteiger partial charge < -0.3 is 10.1 Å². The summed E-state index contributed by atoms with van der Waals surface area (Å²) in [5.74, 6) is 0.503. The second kappa shape index (κ2) is 11.1. The lowest BCUT2D eigenvalue weighted by Crippen LogP contribution is -2.40. The molecule has 1 aromatic carbocycles. The number of carbonyl (C=O) groups is 1. The number of rotatable bonds is 7. The molecule has 136 valence electrons. The second-order valence-corrected chi connectivity index (χ2v) is 7.07. The van der Waals surface area contributed by atoms with Crippen LogP contribution in [0.15, 0.2) is 28.7 Å². The van der Waals surface area contributed by atoms with E-state index in [1.165, 1.54) is 18.4 Å². The van der Waals surface area contributed by atoms with Crippen LogP contribution in [0.2, 0.25) is 0 Å². The van der Waals surface area contributed by atoms with Gasteiger partial charge in [-0.05, 0) is 63.4 Å². The average molecular weight is 420 g/mol. The summed E-state index contributed by atoms with van der Waals surface area (Å²) in [5, 5.41) is 3.40. The third kappa shape index (κ3) is 6.71. The fourth-order valence-electron chi connectivity index (χ4n) is 3.11. The second-order valence-electron chi connectivity index (χ2n) is 6.16. The summed E-state index contributed by atoms with van der Waals surface area (Å²) in [6, 6.07) is 8.51. The fraction of sp³-hybridized carbons (Fsp3) is 0.611. The number of esters is 1. The number of benzene rings is 1. The maximum atomic E-state index is 12.0. The smallest absolute Gasteiger partial charge is 0.320 e. The van der Waals surface area contributed by atoms with Gasteiger partial charge in [0.2, 0.25) is 0 Å². The Hall–Kier alpha value is -0.620. The van der Waals surface area contributed by atoms with Crippen molar-refractivity contribution in [2.75, 3.05) is 32.8 Å². The van der Waals surface area contributed by atoms with Gasteiger partial charge in [0, 0.05) is 17.1 Å². The molecule has 24 heavy (non-hydrogen) atoms. The van der Waals surface area contributed by atoms with Crippen molar-refractivity contribution >= 4 is 34.3 Å². The van der Waals surface area contributed by atoms with Gasteiger partial charge in [0.25, 0.3) is 0 Å². The predicted octanol–water partition coefficient (Wildman–Crippen LogP) is 3.80. The minimum atomic E-state index is -0.136. The standard InChI is InChI=1S/C18H27BrN2O2.ClH/c1-3-23-18(22)13-21(12-15-7-9-20-10-8-15)14(2)16-5-4-6-17(19)11-16;/h4-6,11,14-15,20H,3,7-10,12-13H2,1-2H3;1H. The zero-order valence-corrected chi connectivity index (χ0v) is 16.9. The van der Waals surface area contributed by atoms with E-state index in [0.29, 0.717) is 19.1 Å². The van der Waals surface area contributed by atoms with Crippen LogP contribution in [0.25, 0.3) is 0 Å². The molecule has 0 amide bonds. The molecule has 1 atom stereocenters. The summed E-state index contributed by atoms with van der Waals surface area (Å²) in [6.07, 6.45) is 2.34. The van der Waals surface area contributed by atoms with Gasteiger partial charge in [-0.1, -0.05) is 28.1 Å². The van der Waals surface area contributed by atoms with Crippen LogP contribution in [-0.4, -0.2) is 43.7 Å². The van der Waals surface area contributed by atoms with Gasteiger partial charge in [-0.2, -0.15) is 0 Å². The van der Waals surface area contributed by atoms with E-state index < -0.39 is 0 Å². The molecule has 0 bridgehead atoms. The Labute approximate surface area is 159 Å². The van der Waals surface area contributed by atoms with E-state index >= 15 is 0 Å². The van der Waals surface area contributed by atoms with Crippen molar-refractivity contribution in [3.8, 4) is 0 Å². The molecule has 2 rings (SSSR count). The highest BCUT2D eigenvalue weighted by Crippen LogP contribution is 2.25. The summed E-state index contributed by atoms with van der Waals surface area (Å²) in [5.41, 5.74) is 1.22. The Balaban J connectivity index is 0.00000288. The summed E-state index contributed by atoms with van der Waals surface area (Å²) in [6.45, 7) is 7.89. The number of hydrogen-bond donors (Lipinski definition) is 1. The van der Waals surface area contributed by atoms with E-state index in [1.807, 2.05) is 19.1 Å². The maximum absolute atomic E-state index is 12.0. The third-order valence-electron chi connectivity index (χ3n) is 4.47. The van der Waals surface area contributed by atoms with Crippen molar-refractivity contribution < 1.29 is 9.53 Å². The fourth-order valence-corrected chi connectivity index (χ4v) is 3.52. The first-order valence-corrected chi connectivity index (χ1v) is 9.25. The largest absolute Gasteiger partial charge is 0.465 e. The highest BCUT2D eigenvalue weighted by Gasteiger charge is 2.24. The van der Waals surface area contributed by atoms with Crippen molar-refractivity contribution in [3.05, 3.63) is 34.3 Å². The third-order valence-corrected chi connectivity index (χ3v) is 4.96. The Kier molecular flexibility index (Phi) is 9.89. The monoisotopic (exact) mass is 418 g/mol. The summed E-state index contributed by atoms with van der Waals surface area (Å²) >= 11 is 3.54. The molecule has 0 aliphatic carbocycles. The minimum Gasteiger partial charge on any atom is -0.465 e. The highest BCUT2D eigenvalue weighted by molar-refractivity contribution is 9.10. The molecule has 1 N–H and O–H groups in total.